The minimum Gasteiger partial charge on any atom is -0.347 e. The maximum atomic E-state index is 13.5. The van der Waals surface area contributed by atoms with E-state index in [9.17, 15) is 13.2 Å². The van der Waals surface area contributed by atoms with Gasteiger partial charge in [0, 0.05) is 61.1 Å². The number of nitrogens with zero attached hydrogens (tertiary/aromatic N) is 2. The first kappa shape index (κ1) is 25.4. The Labute approximate surface area is 210 Å². The van der Waals surface area contributed by atoms with E-state index >= 15 is 0 Å². The number of hydrogen-bond donors (Lipinski definition) is 0. The number of rotatable bonds is 7. The predicted molar refractivity (Wildman–Crippen MR) is 130 cm³/mol. The molecule has 4 rings (SSSR count). The number of halogens is 2. The maximum Gasteiger partial charge on any atom is 0.243 e. The number of piperidine rings is 1. The zero-order chi connectivity index (χ0) is 24.3. The molecule has 0 saturated carbocycles. The molecular formula is C24H28Cl2N2O5S. The number of sulfonamides is 1. The van der Waals surface area contributed by atoms with Crippen LogP contribution in [0.15, 0.2) is 47.4 Å². The molecule has 1 amide bonds. The van der Waals surface area contributed by atoms with E-state index in [1.165, 1.54) is 4.31 Å². The summed E-state index contributed by atoms with van der Waals surface area (Å²) in [5.74, 6) is -0.680. The van der Waals surface area contributed by atoms with Crippen molar-refractivity contribution in [3.05, 3.63) is 63.6 Å². The maximum absolute atomic E-state index is 13.5. The lowest BCUT2D eigenvalue weighted by atomic mass is 10.0. The molecule has 0 bridgehead atoms. The third-order valence-electron chi connectivity index (χ3n) is 6.32. The number of carbonyl (C=O) groups excluding carboxylic acids is 1. The summed E-state index contributed by atoms with van der Waals surface area (Å²) >= 11 is 12.7. The average molecular weight is 527 g/mol. The molecule has 2 aromatic rings. The minimum atomic E-state index is -3.89. The van der Waals surface area contributed by atoms with Crippen molar-refractivity contribution in [1.82, 2.24) is 9.21 Å². The van der Waals surface area contributed by atoms with Gasteiger partial charge in [-0.3, -0.25) is 4.79 Å². The number of hydrogen-bond acceptors (Lipinski definition) is 5. The third kappa shape index (κ3) is 5.58. The molecule has 0 N–H and O–H groups in total. The topological polar surface area (TPSA) is 76.2 Å². The Kier molecular flexibility index (Phi) is 7.86. The van der Waals surface area contributed by atoms with Crippen LogP contribution in [0.1, 0.15) is 30.4 Å². The fourth-order valence-electron chi connectivity index (χ4n) is 4.26. The second-order valence-electron chi connectivity index (χ2n) is 8.59. The zero-order valence-electron chi connectivity index (χ0n) is 19.0. The molecule has 2 saturated heterocycles. The standard InChI is InChI=1S/C24H28Cl2N2O5S/c1-18-5-7-19(8-6-18)34(30,31)28(17-20-21(25)3-2-4-22(20)26)12-9-23(29)27-13-10-24(11-14-27)32-15-16-33-24/h2-8H,9-17H2,1H3. The van der Waals surface area contributed by atoms with Gasteiger partial charge in [0.15, 0.2) is 5.79 Å². The Morgan fingerprint density at radius 3 is 2.21 bits per heavy atom. The first-order valence-electron chi connectivity index (χ1n) is 11.3. The number of carbonyl (C=O) groups is 1. The molecule has 2 fully saturated rings. The van der Waals surface area contributed by atoms with Gasteiger partial charge in [-0.2, -0.15) is 4.31 Å². The molecule has 2 aliphatic heterocycles. The molecule has 34 heavy (non-hydrogen) atoms. The molecular weight excluding hydrogens is 499 g/mol. The van der Waals surface area contributed by atoms with E-state index in [-0.39, 0.29) is 30.3 Å². The molecule has 1 spiro atoms. The van der Waals surface area contributed by atoms with Gasteiger partial charge in [0.2, 0.25) is 15.9 Å². The van der Waals surface area contributed by atoms with Crippen molar-refractivity contribution >= 4 is 39.1 Å². The van der Waals surface area contributed by atoms with Gasteiger partial charge in [-0.1, -0.05) is 47.0 Å². The van der Waals surface area contributed by atoms with E-state index in [0.29, 0.717) is 54.8 Å². The Bertz CT molecular complexity index is 1100. The molecule has 0 atom stereocenters. The molecule has 0 aromatic heterocycles. The lowest BCUT2D eigenvalue weighted by Crippen LogP contribution is -2.48. The molecule has 2 aromatic carbocycles. The monoisotopic (exact) mass is 526 g/mol. The Morgan fingerprint density at radius 1 is 1.03 bits per heavy atom. The Balaban J connectivity index is 1.50. The van der Waals surface area contributed by atoms with Crippen LogP contribution in [0, 0.1) is 6.92 Å². The summed E-state index contributed by atoms with van der Waals surface area (Å²) in [6.45, 7) is 4.04. The summed E-state index contributed by atoms with van der Waals surface area (Å²) in [5.41, 5.74) is 1.46. The van der Waals surface area contributed by atoms with E-state index in [1.807, 2.05) is 6.92 Å². The van der Waals surface area contributed by atoms with Crippen LogP contribution in [-0.4, -0.2) is 62.2 Å². The van der Waals surface area contributed by atoms with Gasteiger partial charge in [-0.05, 0) is 31.2 Å². The number of amides is 1. The molecule has 0 radical (unpaired) electrons. The highest BCUT2D eigenvalue weighted by molar-refractivity contribution is 7.89. The van der Waals surface area contributed by atoms with E-state index in [4.69, 9.17) is 32.7 Å². The quantitative estimate of drug-likeness (QED) is 0.538. The van der Waals surface area contributed by atoms with Gasteiger partial charge in [0.1, 0.15) is 0 Å². The third-order valence-corrected chi connectivity index (χ3v) is 8.89. The molecule has 10 heteroatoms. The minimum absolute atomic E-state index is 0.00520. The van der Waals surface area contributed by atoms with Crippen LogP contribution in [0.4, 0.5) is 0 Å². The molecule has 7 nitrogen and oxygen atoms in total. The summed E-state index contributed by atoms with van der Waals surface area (Å²) in [4.78, 5) is 14.9. The number of ether oxygens (including phenoxy) is 2. The first-order valence-corrected chi connectivity index (χ1v) is 13.5. The van der Waals surface area contributed by atoms with Crippen molar-refractivity contribution in [2.45, 2.75) is 43.4 Å². The molecule has 184 valence electrons. The predicted octanol–water partition coefficient (Wildman–Crippen LogP) is 4.25. The fourth-order valence-corrected chi connectivity index (χ4v) is 6.19. The number of benzene rings is 2. The smallest absolute Gasteiger partial charge is 0.243 e. The number of likely N-dealkylation sites (tertiary alicyclic amines) is 1. The van der Waals surface area contributed by atoms with Gasteiger partial charge in [0.05, 0.1) is 18.1 Å². The highest BCUT2D eigenvalue weighted by atomic mass is 35.5. The van der Waals surface area contributed by atoms with Gasteiger partial charge in [-0.15, -0.1) is 0 Å². The van der Waals surface area contributed by atoms with Crippen LogP contribution < -0.4 is 0 Å². The van der Waals surface area contributed by atoms with Crippen molar-refractivity contribution in [3.8, 4) is 0 Å². The Hall–Kier alpha value is -1.68. The molecule has 0 aliphatic carbocycles. The van der Waals surface area contributed by atoms with E-state index < -0.39 is 15.8 Å². The Morgan fingerprint density at radius 2 is 1.62 bits per heavy atom. The summed E-state index contributed by atoms with van der Waals surface area (Å²) in [6, 6.07) is 11.7. The molecule has 2 aliphatic rings. The summed E-state index contributed by atoms with van der Waals surface area (Å²) in [6.07, 6.45) is 1.26. The van der Waals surface area contributed by atoms with Crippen LogP contribution in [0.25, 0.3) is 0 Å². The molecule has 0 unspecified atom stereocenters. The van der Waals surface area contributed by atoms with E-state index in [2.05, 4.69) is 0 Å². The van der Waals surface area contributed by atoms with Crippen molar-refractivity contribution in [3.63, 3.8) is 0 Å². The first-order chi connectivity index (χ1) is 16.2. The highest BCUT2D eigenvalue weighted by Crippen LogP contribution is 2.32. The number of aryl methyl sites for hydroxylation is 1. The van der Waals surface area contributed by atoms with Crippen molar-refractivity contribution in [2.24, 2.45) is 0 Å². The van der Waals surface area contributed by atoms with Crippen molar-refractivity contribution < 1.29 is 22.7 Å². The lowest BCUT2D eigenvalue weighted by Gasteiger charge is -2.37. The van der Waals surface area contributed by atoms with E-state index in [1.54, 1.807) is 47.4 Å². The summed E-state index contributed by atoms with van der Waals surface area (Å²) in [5, 5.41) is 0.752. The SMILES string of the molecule is Cc1ccc(S(=O)(=O)N(CCC(=O)N2CCC3(CC2)OCCO3)Cc2c(Cl)cccc2Cl)cc1. The van der Waals surface area contributed by atoms with Crippen LogP contribution >= 0.6 is 23.2 Å². The van der Waals surface area contributed by atoms with Gasteiger partial charge >= 0.3 is 0 Å². The van der Waals surface area contributed by atoms with E-state index in [0.717, 1.165) is 5.56 Å². The largest absolute Gasteiger partial charge is 0.347 e. The van der Waals surface area contributed by atoms with Crippen LogP contribution in [-0.2, 0) is 30.8 Å². The summed E-state index contributed by atoms with van der Waals surface area (Å²) < 4.78 is 39.7. The van der Waals surface area contributed by atoms with Gasteiger partial charge in [0.25, 0.3) is 0 Å². The fraction of sp³-hybridized carbons (Fsp3) is 0.458. The molecule has 2 heterocycles. The highest BCUT2D eigenvalue weighted by Gasteiger charge is 2.40. The second kappa shape index (κ2) is 10.5. The normalized spacial score (nSPS) is 18.1. The van der Waals surface area contributed by atoms with Crippen LogP contribution in [0.2, 0.25) is 10.0 Å². The van der Waals surface area contributed by atoms with Crippen LogP contribution in [0.3, 0.4) is 0 Å². The van der Waals surface area contributed by atoms with Gasteiger partial charge < -0.3 is 14.4 Å². The van der Waals surface area contributed by atoms with Crippen LogP contribution in [0.5, 0.6) is 0 Å². The average Bonchev–Trinajstić information content (AvgIpc) is 3.26. The lowest BCUT2D eigenvalue weighted by molar-refractivity contribution is -0.187. The second-order valence-corrected chi connectivity index (χ2v) is 11.3. The van der Waals surface area contributed by atoms with Gasteiger partial charge in [-0.25, -0.2) is 8.42 Å². The van der Waals surface area contributed by atoms with Crippen molar-refractivity contribution in [1.29, 1.82) is 0 Å². The summed E-state index contributed by atoms with van der Waals surface area (Å²) in [7, 11) is -3.89. The zero-order valence-corrected chi connectivity index (χ0v) is 21.3. The van der Waals surface area contributed by atoms with Crippen molar-refractivity contribution in [2.75, 3.05) is 32.8 Å².